The van der Waals surface area contributed by atoms with Crippen molar-refractivity contribution in [1.29, 1.82) is 0 Å². The van der Waals surface area contributed by atoms with E-state index >= 15 is 0 Å². The summed E-state index contributed by atoms with van der Waals surface area (Å²) >= 11 is 3.39. The van der Waals surface area contributed by atoms with Gasteiger partial charge in [0.15, 0.2) is 6.10 Å². The molecule has 2 aromatic rings. The molecule has 0 aromatic heterocycles. The highest BCUT2D eigenvalue weighted by Crippen LogP contribution is 2.25. The number of hydrogen-bond acceptors (Lipinski definition) is 2. The Hall–Kier alpha value is -1.81. The number of hydrogen-bond donors (Lipinski definition) is 1. The first-order chi connectivity index (χ1) is 9.56. The highest BCUT2D eigenvalue weighted by atomic mass is 79.9. The minimum absolute atomic E-state index is 0.175. The summed E-state index contributed by atoms with van der Waals surface area (Å²) in [6.45, 7) is 3.71. The Morgan fingerprint density at radius 3 is 2.65 bits per heavy atom. The van der Waals surface area contributed by atoms with Crippen molar-refractivity contribution in [1.82, 2.24) is 0 Å². The zero-order valence-electron chi connectivity index (χ0n) is 11.4. The molecule has 104 valence electrons. The molecule has 0 saturated carbocycles. The smallest absolute Gasteiger partial charge is 0.265 e. The fourth-order valence-electron chi connectivity index (χ4n) is 1.75. The maximum atomic E-state index is 12.1. The van der Waals surface area contributed by atoms with Crippen LogP contribution in [-0.4, -0.2) is 12.0 Å². The summed E-state index contributed by atoms with van der Waals surface area (Å²) in [5.74, 6) is 0.478. The number of para-hydroxylation sites is 1. The molecule has 20 heavy (non-hydrogen) atoms. The van der Waals surface area contributed by atoms with Crippen LogP contribution in [0.2, 0.25) is 0 Å². The quantitative estimate of drug-likeness (QED) is 0.912. The lowest BCUT2D eigenvalue weighted by atomic mass is 10.2. The van der Waals surface area contributed by atoms with E-state index in [4.69, 9.17) is 4.74 Å². The lowest BCUT2D eigenvalue weighted by Gasteiger charge is -2.15. The summed E-state index contributed by atoms with van der Waals surface area (Å²) in [5, 5.41) is 2.84. The Morgan fingerprint density at radius 1 is 1.20 bits per heavy atom. The molecule has 0 heterocycles. The minimum Gasteiger partial charge on any atom is -0.480 e. The Bertz CT molecular complexity index is 613. The Labute approximate surface area is 127 Å². The molecular weight excluding hydrogens is 318 g/mol. The van der Waals surface area contributed by atoms with E-state index in [1.54, 1.807) is 6.92 Å². The number of ether oxygens (including phenoxy) is 1. The average Bonchev–Trinajstić information content (AvgIpc) is 2.41. The summed E-state index contributed by atoms with van der Waals surface area (Å²) in [7, 11) is 0. The fraction of sp³-hybridized carbons (Fsp3) is 0.188. The number of halogens is 1. The van der Waals surface area contributed by atoms with Gasteiger partial charge in [0, 0.05) is 5.69 Å². The van der Waals surface area contributed by atoms with Gasteiger partial charge in [0.1, 0.15) is 5.75 Å². The maximum Gasteiger partial charge on any atom is 0.265 e. The molecular formula is C16H16BrNO2. The van der Waals surface area contributed by atoms with Crippen LogP contribution in [0.5, 0.6) is 5.75 Å². The van der Waals surface area contributed by atoms with Crippen LogP contribution in [-0.2, 0) is 4.79 Å². The molecule has 0 spiro atoms. The van der Waals surface area contributed by atoms with Crippen molar-refractivity contribution in [3.63, 3.8) is 0 Å². The molecule has 0 saturated heterocycles. The number of nitrogens with one attached hydrogen (secondary N) is 1. The van der Waals surface area contributed by atoms with Gasteiger partial charge in [-0.15, -0.1) is 0 Å². The average molecular weight is 334 g/mol. The monoisotopic (exact) mass is 333 g/mol. The van der Waals surface area contributed by atoms with Crippen LogP contribution in [0.1, 0.15) is 12.5 Å². The molecule has 1 unspecified atom stereocenters. The second-order valence-corrected chi connectivity index (χ2v) is 5.40. The van der Waals surface area contributed by atoms with Gasteiger partial charge in [0.05, 0.1) is 4.47 Å². The number of anilines is 1. The van der Waals surface area contributed by atoms with E-state index in [9.17, 15) is 4.79 Å². The molecule has 0 aliphatic carbocycles. The third-order valence-electron chi connectivity index (χ3n) is 2.80. The van der Waals surface area contributed by atoms with Gasteiger partial charge in [-0.2, -0.15) is 0 Å². The van der Waals surface area contributed by atoms with Gasteiger partial charge in [-0.05, 0) is 59.6 Å². The van der Waals surface area contributed by atoms with E-state index < -0.39 is 6.10 Å². The van der Waals surface area contributed by atoms with Crippen molar-refractivity contribution in [3.05, 3.63) is 58.6 Å². The molecule has 2 rings (SSSR count). The highest BCUT2D eigenvalue weighted by molar-refractivity contribution is 9.10. The second-order valence-electron chi connectivity index (χ2n) is 4.55. The standard InChI is InChI=1S/C16H16BrNO2/c1-11-6-5-7-13(10-11)18-16(19)12(2)20-15-9-4-3-8-14(15)17/h3-10,12H,1-2H3,(H,18,19). The molecule has 0 aliphatic rings. The van der Waals surface area contributed by atoms with Crippen molar-refractivity contribution in [2.45, 2.75) is 20.0 Å². The topological polar surface area (TPSA) is 38.3 Å². The summed E-state index contributed by atoms with van der Waals surface area (Å²) in [4.78, 5) is 12.1. The molecule has 0 aliphatic heterocycles. The molecule has 1 amide bonds. The van der Waals surface area contributed by atoms with Crippen molar-refractivity contribution in [2.24, 2.45) is 0 Å². The van der Waals surface area contributed by atoms with E-state index in [1.807, 2.05) is 55.5 Å². The van der Waals surface area contributed by atoms with Crippen molar-refractivity contribution >= 4 is 27.5 Å². The molecule has 0 fully saturated rings. The molecule has 1 atom stereocenters. The third kappa shape index (κ3) is 3.84. The van der Waals surface area contributed by atoms with Gasteiger partial charge in [-0.1, -0.05) is 24.3 Å². The van der Waals surface area contributed by atoms with E-state index in [-0.39, 0.29) is 5.91 Å². The van der Waals surface area contributed by atoms with Gasteiger partial charge in [-0.25, -0.2) is 0 Å². The van der Waals surface area contributed by atoms with Crippen LogP contribution in [0, 0.1) is 6.92 Å². The van der Waals surface area contributed by atoms with Crippen LogP contribution in [0.3, 0.4) is 0 Å². The van der Waals surface area contributed by atoms with E-state index in [1.165, 1.54) is 0 Å². The van der Waals surface area contributed by atoms with Crippen molar-refractivity contribution in [2.75, 3.05) is 5.32 Å². The van der Waals surface area contributed by atoms with E-state index in [0.29, 0.717) is 5.75 Å². The lowest BCUT2D eigenvalue weighted by molar-refractivity contribution is -0.122. The van der Waals surface area contributed by atoms with Gasteiger partial charge in [0.2, 0.25) is 0 Å². The van der Waals surface area contributed by atoms with Gasteiger partial charge in [0.25, 0.3) is 5.91 Å². The maximum absolute atomic E-state index is 12.1. The van der Waals surface area contributed by atoms with E-state index in [0.717, 1.165) is 15.7 Å². The number of carbonyl (C=O) groups excluding carboxylic acids is 1. The van der Waals surface area contributed by atoms with Crippen LogP contribution >= 0.6 is 15.9 Å². The first kappa shape index (κ1) is 14.6. The van der Waals surface area contributed by atoms with Crippen LogP contribution in [0.25, 0.3) is 0 Å². The molecule has 4 heteroatoms. The number of amides is 1. The van der Waals surface area contributed by atoms with Crippen molar-refractivity contribution < 1.29 is 9.53 Å². The largest absolute Gasteiger partial charge is 0.480 e. The molecule has 0 radical (unpaired) electrons. The van der Waals surface area contributed by atoms with E-state index in [2.05, 4.69) is 21.2 Å². The third-order valence-corrected chi connectivity index (χ3v) is 3.45. The number of aryl methyl sites for hydroxylation is 1. The zero-order chi connectivity index (χ0) is 14.5. The summed E-state index contributed by atoms with van der Waals surface area (Å²) in [5.41, 5.74) is 1.87. The Kier molecular flexibility index (Phi) is 4.79. The zero-order valence-corrected chi connectivity index (χ0v) is 13.0. The first-order valence-electron chi connectivity index (χ1n) is 6.35. The molecule has 0 bridgehead atoms. The molecule has 1 N–H and O–H groups in total. The SMILES string of the molecule is Cc1cccc(NC(=O)C(C)Oc2ccccc2Br)c1. The van der Waals surface area contributed by atoms with Gasteiger partial charge >= 0.3 is 0 Å². The number of benzene rings is 2. The van der Waals surface area contributed by atoms with Crippen molar-refractivity contribution in [3.8, 4) is 5.75 Å². The Morgan fingerprint density at radius 2 is 1.95 bits per heavy atom. The number of carbonyl (C=O) groups is 1. The van der Waals surface area contributed by atoms with Gasteiger partial charge < -0.3 is 10.1 Å². The highest BCUT2D eigenvalue weighted by Gasteiger charge is 2.15. The Balaban J connectivity index is 2.01. The number of rotatable bonds is 4. The summed E-state index contributed by atoms with van der Waals surface area (Å²) < 4.78 is 6.48. The fourth-order valence-corrected chi connectivity index (χ4v) is 2.13. The van der Waals surface area contributed by atoms with Gasteiger partial charge in [-0.3, -0.25) is 4.79 Å². The lowest BCUT2D eigenvalue weighted by Crippen LogP contribution is -2.30. The van der Waals surface area contributed by atoms with Crippen LogP contribution in [0.15, 0.2) is 53.0 Å². The summed E-state index contributed by atoms with van der Waals surface area (Å²) in [6.07, 6.45) is -0.575. The first-order valence-corrected chi connectivity index (χ1v) is 7.14. The molecule has 2 aromatic carbocycles. The summed E-state index contributed by atoms with van der Waals surface area (Å²) in [6, 6.07) is 15.1. The van der Waals surface area contributed by atoms with Crippen LogP contribution < -0.4 is 10.1 Å². The predicted molar refractivity (Wildman–Crippen MR) is 84.0 cm³/mol. The normalized spacial score (nSPS) is 11.8. The van der Waals surface area contributed by atoms with Crippen LogP contribution in [0.4, 0.5) is 5.69 Å². The molecule has 3 nitrogen and oxygen atoms in total. The second kappa shape index (κ2) is 6.57. The minimum atomic E-state index is -0.575. The predicted octanol–water partition coefficient (Wildman–Crippen LogP) is 4.16.